The third kappa shape index (κ3) is 2.81. The molecule has 0 aromatic heterocycles. The molecule has 0 unspecified atom stereocenters. The lowest BCUT2D eigenvalue weighted by atomic mass is 10.1. The summed E-state index contributed by atoms with van der Waals surface area (Å²) in [4.78, 5) is 11.9. The maximum absolute atomic E-state index is 11.9. The number of nitrogen functional groups attached to an aromatic ring is 1. The highest BCUT2D eigenvalue weighted by atomic mass is 79.9. The second-order valence-electron chi connectivity index (χ2n) is 3.74. The van der Waals surface area contributed by atoms with E-state index in [1.165, 1.54) is 18.2 Å². The normalized spacial score (nSPS) is 10.1. The Morgan fingerprint density at radius 2 is 1.83 bits per heavy atom. The van der Waals surface area contributed by atoms with Crippen molar-refractivity contribution < 1.29 is 9.90 Å². The SMILES string of the molecule is Nc1ccc(O)c(C(=O)Nc2ccc(Br)cc2)c1. The molecule has 5 heteroatoms. The zero-order valence-electron chi connectivity index (χ0n) is 9.35. The van der Waals surface area contributed by atoms with E-state index in [9.17, 15) is 9.90 Å². The third-order valence-corrected chi connectivity index (χ3v) is 2.90. The quantitative estimate of drug-likeness (QED) is 0.590. The average molecular weight is 307 g/mol. The Balaban J connectivity index is 2.21. The van der Waals surface area contributed by atoms with Crippen LogP contribution in [-0.2, 0) is 0 Å². The van der Waals surface area contributed by atoms with Crippen LogP contribution in [0.4, 0.5) is 11.4 Å². The van der Waals surface area contributed by atoms with Crippen LogP contribution in [0, 0.1) is 0 Å². The molecular formula is C13H11BrN2O2. The predicted octanol–water partition coefficient (Wildman–Crippen LogP) is 2.99. The van der Waals surface area contributed by atoms with Crippen molar-refractivity contribution in [3.63, 3.8) is 0 Å². The van der Waals surface area contributed by atoms with Crippen LogP contribution in [-0.4, -0.2) is 11.0 Å². The van der Waals surface area contributed by atoms with Gasteiger partial charge in [0.2, 0.25) is 0 Å². The van der Waals surface area contributed by atoms with Gasteiger partial charge in [-0.15, -0.1) is 0 Å². The molecule has 0 heterocycles. The maximum Gasteiger partial charge on any atom is 0.259 e. The van der Waals surface area contributed by atoms with Crippen molar-refractivity contribution in [2.24, 2.45) is 0 Å². The van der Waals surface area contributed by atoms with Crippen LogP contribution in [0.2, 0.25) is 0 Å². The minimum absolute atomic E-state index is 0.0983. The Kier molecular flexibility index (Phi) is 3.53. The van der Waals surface area contributed by atoms with E-state index in [4.69, 9.17) is 5.73 Å². The molecule has 0 spiro atoms. The van der Waals surface area contributed by atoms with E-state index in [-0.39, 0.29) is 11.3 Å². The van der Waals surface area contributed by atoms with E-state index in [0.29, 0.717) is 11.4 Å². The van der Waals surface area contributed by atoms with Gasteiger partial charge < -0.3 is 16.2 Å². The third-order valence-electron chi connectivity index (χ3n) is 2.37. The number of carbonyl (C=O) groups excluding carboxylic acids is 1. The summed E-state index contributed by atoms with van der Waals surface area (Å²) in [5, 5.41) is 12.3. The van der Waals surface area contributed by atoms with Crippen molar-refractivity contribution >= 4 is 33.2 Å². The van der Waals surface area contributed by atoms with Crippen molar-refractivity contribution in [3.8, 4) is 5.75 Å². The van der Waals surface area contributed by atoms with Crippen LogP contribution in [0.5, 0.6) is 5.75 Å². The van der Waals surface area contributed by atoms with Gasteiger partial charge in [0, 0.05) is 15.8 Å². The van der Waals surface area contributed by atoms with E-state index in [1.807, 2.05) is 12.1 Å². The van der Waals surface area contributed by atoms with Crippen molar-refractivity contribution in [3.05, 3.63) is 52.5 Å². The summed E-state index contributed by atoms with van der Waals surface area (Å²) in [6.45, 7) is 0. The van der Waals surface area contributed by atoms with Gasteiger partial charge in [-0.2, -0.15) is 0 Å². The van der Waals surface area contributed by atoms with Crippen molar-refractivity contribution in [2.45, 2.75) is 0 Å². The van der Waals surface area contributed by atoms with Crippen LogP contribution in [0.1, 0.15) is 10.4 Å². The molecular weight excluding hydrogens is 296 g/mol. The number of benzene rings is 2. The minimum Gasteiger partial charge on any atom is -0.507 e. The van der Waals surface area contributed by atoms with Crippen LogP contribution < -0.4 is 11.1 Å². The van der Waals surface area contributed by atoms with E-state index in [0.717, 1.165) is 4.47 Å². The highest BCUT2D eigenvalue weighted by Crippen LogP contribution is 2.21. The van der Waals surface area contributed by atoms with Gasteiger partial charge in [-0.05, 0) is 42.5 Å². The van der Waals surface area contributed by atoms with Gasteiger partial charge in [0.25, 0.3) is 5.91 Å². The molecule has 0 aliphatic rings. The number of phenolic OH excluding ortho intramolecular Hbond substituents is 1. The number of hydrogen-bond donors (Lipinski definition) is 3. The number of anilines is 2. The Bertz CT molecular complexity index is 582. The molecule has 0 fully saturated rings. The first kappa shape index (κ1) is 12.4. The highest BCUT2D eigenvalue weighted by molar-refractivity contribution is 9.10. The van der Waals surface area contributed by atoms with E-state index in [1.54, 1.807) is 12.1 Å². The Hall–Kier alpha value is -2.01. The van der Waals surface area contributed by atoms with E-state index in [2.05, 4.69) is 21.2 Å². The van der Waals surface area contributed by atoms with Gasteiger partial charge in [0.1, 0.15) is 5.75 Å². The molecule has 0 saturated heterocycles. The number of aromatic hydroxyl groups is 1. The number of nitrogens with one attached hydrogen (secondary N) is 1. The smallest absolute Gasteiger partial charge is 0.259 e. The van der Waals surface area contributed by atoms with Crippen LogP contribution in [0.3, 0.4) is 0 Å². The first-order chi connectivity index (χ1) is 8.56. The Morgan fingerprint density at radius 3 is 2.50 bits per heavy atom. The molecule has 0 aliphatic carbocycles. The molecule has 0 radical (unpaired) electrons. The molecule has 2 aromatic rings. The molecule has 18 heavy (non-hydrogen) atoms. The first-order valence-electron chi connectivity index (χ1n) is 5.21. The fraction of sp³-hybridized carbons (Fsp3) is 0. The van der Waals surface area contributed by atoms with Gasteiger partial charge >= 0.3 is 0 Å². The van der Waals surface area contributed by atoms with Gasteiger partial charge in [-0.1, -0.05) is 15.9 Å². The molecule has 4 N–H and O–H groups in total. The Morgan fingerprint density at radius 1 is 1.17 bits per heavy atom. The minimum atomic E-state index is -0.401. The molecule has 2 aromatic carbocycles. The van der Waals surface area contributed by atoms with E-state index >= 15 is 0 Å². The van der Waals surface area contributed by atoms with Gasteiger partial charge in [-0.3, -0.25) is 4.79 Å². The molecule has 0 aliphatic heterocycles. The lowest BCUT2D eigenvalue weighted by Gasteiger charge is -2.07. The molecule has 1 amide bonds. The van der Waals surface area contributed by atoms with Gasteiger partial charge in [0.05, 0.1) is 5.56 Å². The van der Waals surface area contributed by atoms with Crippen molar-refractivity contribution in [1.29, 1.82) is 0 Å². The fourth-order valence-electron chi connectivity index (χ4n) is 1.47. The predicted molar refractivity (Wildman–Crippen MR) is 74.6 cm³/mol. The largest absolute Gasteiger partial charge is 0.507 e. The van der Waals surface area contributed by atoms with Crippen LogP contribution in [0.25, 0.3) is 0 Å². The fourth-order valence-corrected chi connectivity index (χ4v) is 1.73. The summed E-state index contributed by atoms with van der Waals surface area (Å²) >= 11 is 3.31. The highest BCUT2D eigenvalue weighted by Gasteiger charge is 2.11. The molecule has 4 nitrogen and oxygen atoms in total. The summed E-state index contributed by atoms with van der Waals surface area (Å²) < 4.78 is 0.923. The van der Waals surface area contributed by atoms with Gasteiger partial charge in [-0.25, -0.2) is 0 Å². The number of carbonyl (C=O) groups is 1. The summed E-state index contributed by atoms with van der Waals surface area (Å²) in [6, 6.07) is 11.5. The summed E-state index contributed by atoms with van der Waals surface area (Å²) in [5.74, 6) is -0.499. The molecule has 0 bridgehead atoms. The lowest BCUT2D eigenvalue weighted by Crippen LogP contribution is -2.12. The number of hydrogen-bond acceptors (Lipinski definition) is 3. The lowest BCUT2D eigenvalue weighted by molar-refractivity contribution is 0.102. The number of rotatable bonds is 2. The number of nitrogens with two attached hydrogens (primary N) is 1. The monoisotopic (exact) mass is 306 g/mol. The number of phenols is 1. The van der Waals surface area contributed by atoms with Crippen LogP contribution in [0.15, 0.2) is 46.9 Å². The molecule has 2 rings (SSSR count). The summed E-state index contributed by atoms with van der Waals surface area (Å²) in [6.07, 6.45) is 0. The molecule has 0 saturated carbocycles. The summed E-state index contributed by atoms with van der Waals surface area (Å²) in [5.41, 5.74) is 6.80. The molecule has 92 valence electrons. The van der Waals surface area contributed by atoms with E-state index < -0.39 is 5.91 Å². The topological polar surface area (TPSA) is 75.3 Å². The van der Waals surface area contributed by atoms with Crippen molar-refractivity contribution in [2.75, 3.05) is 11.1 Å². The maximum atomic E-state index is 11.9. The average Bonchev–Trinajstić information content (AvgIpc) is 2.35. The first-order valence-corrected chi connectivity index (χ1v) is 6.01. The molecule has 0 atom stereocenters. The number of amides is 1. The zero-order chi connectivity index (χ0) is 13.1. The zero-order valence-corrected chi connectivity index (χ0v) is 10.9. The standard InChI is InChI=1S/C13H11BrN2O2/c14-8-1-4-10(5-2-8)16-13(18)11-7-9(15)3-6-12(11)17/h1-7,17H,15H2,(H,16,18). The Labute approximate surface area is 113 Å². The number of halogens is 1. The van der Waals surface area contributed by atoms with Gasteiger partial charge in [0.15, 0.2) is 0 Å². The second kappa shape index (κ2) is 5.10. The van der Waals surface area contributed by atoms with Crippen molar-refractivity contribution in [1.82, 2.24) is 0 Å². The summed E-state index contributed by atoms with van der Waals surface area (Å²) in [7, 11) is 0. The van der Waals surface area contributed by atoms with Crippen LogP contribution >= 0.6 is 15.9 Å². The second-order valence-corrected chi connectivity index (χ2v) is 4.65.